The van der Waals surface area contributed by atoms with E-state index in [1.54, 1.807) is 13.2 Å². The van der Waals surface area contributed by atoms with Crippen LogP contribution in [0.1, 0.15) is 43.1 Å². The molecular weight excluding hydrogens is 382 g/mol. The van der Waals surface area contributed by atoms with E-state index >= 15 is 0 Å². The van der Waals surface area contributed by atoms with Gasteiger partial charge in [0.25, 0.3) is 5.56 Å². The van der Waals surface area contributed by atoms with Crippen LogP contribution in [0.2, 0.25) is 0 Å². The summed E-state index contributed by atoms with van der Waals surface area (Å²) in [6.45, 7) is 8.27. The fourth-order valence-electron chi connectivity index (χ4n) is 4.85. The first-order valence-electron chi connectivity index (χ1n) is 11.5. The third kappa shape index (κ3) is 5.10. The van der Waals surface area contributed by atoms with Crippen LogP contribution in [0, 0.1) is 0 Å². The molecule has 0 spiro atoms. The molecule has 2 fully saturated rings. The van der Waals surface area contributed by atoms with Crippen molar-refractivity contribution in [1.29, 1.82) is 0 Å². The second-order valence-corrected chi connectivity index (χ2v) is 8.83. The highest BCUT2D eigenvalue weighted by molar-refractivity contribution is 5.78. The SMILES string of the molecule is COCCN1CCN(CC(=O)N2CC[C@H](c3cc(=O)n4c(n3)CCCCC4)C2)CC1. The molecule has 1 atom stereocenters. The predicted molar refractivity (Wildman–Crippen MR) is 115 cm³/mol. The fraction of sp³-hybridized carbons (Fsp3) is 0.773. The molecule has 0 aromatic carbocycles. The number of likely N-dealkylation sites (tertiary alicyclic amines) is 1. The molecule has 0 bridgehead atoms. The van der Waals surface area contributed by atoms with E-state index in [4.69, 9.17) is 9.72 Å². The van der Waals surface area contributed by atoms with Gasteiger partial charge >= 0.3 is 0 Å². The molecule has 1 aromatic rings. The predicted octanol–water partition coefficient (Wildman–Crippen LogP) is 0.550. The number of methoxy groups -OCH3 is 1. The number of hydrogen-bond acceptors (Lipinski definition) is 6. The zero-order chi connectivity index (χ0) is 20.9. The molecule has 0 radical (unpaired) electrons. The summed E-state index contributed by atoms with van der Waals surface area (Å²) in [7, 11) is 1.73. The Labute approximate surface area is 178 Å². The van der Waals surface area contributed by atoms with Gasteiger partial charge in [0, 0.05) is 77.9 Å². The van der Waals surface area contributed by atoms with Gasteiger partial charge in [0.2, 0.25) is 5.91 Å². The second-order valence-electron chi connectivity index (χ2n) is 8.83. The molecule has 0 saturated carbocycles. The van der Waals surface area contributed by atoms with Gasteiger partial charge in [0.1, 0.15) is 5.82 Å². The maximum absolute atomic E-state index is 12.9. The summed E-state index contributed by atoms with van der Waals surface area (Å²) in [5, 5.41) is 0. The Hall–Kier alpha value is -1.77. The van der Waals surface area contributed by atoms with Gasteiger partial charge in [0.05, 0.1) is 18.8 Å². The van der Waals surface area contributed by atoms with Crippen molar-refractivity contribution < 1.29 is 9.53 Å². The minimum absolute atomic E-state index is 0.0769. The monoisotopic (exact) mass is 417 g/mol. The number of piperazine rings is 1. The molecule has 8 heteroatoms. The zero-order valence-corrected chi connectivity index (χ0v) is 18.2. The highest BCUT2D eigenvalue weighted by atomic mass is 16.5. The third-order valence-corrected chi connectivity index (χ3v) is 6.78. The Morgan fingerprint density at radius 2 is 1.90 bits per heavy atom. The van der Waals surface area contributed by atoms with E-state index in [1.807, 2.05) is 9.47 Å². The smallest absolute Gasteiger partial charge is 0.253 e. The van der Waals surface area contributed by atoms with Crippen molar-refractivity contribution in [1.82, 2.24) is 24.3 Å². The summed E-state index contributed by atoms with van der Waals surface area (Å²) in [6, 6.07) is 1.71. The van der Waals surface area contributed by atoms with Crippen LogP contribution in [0.3, 0.4) is 0 Å². The van der Waals surface area contributed by atoms with Crippen LogP contribution >= 0.6 is 0 Å². The Bertz CT molecular complexity index is 787. The first kappa shape index (κ1) is 21.5. The van der Waals surface area contributed by atoms with Gasteiger partial charge in [-0.1, -0.05) is 6.42 Å². The van der Waals surface area contributed by atoms with Gasteiger partial charge in [-0.05, 0) is 19.3 Å². The number of amides is 1. The molecule has 2 saturated heterocycles. The van der Waals surface area contributed by atoms with Crippen molar-refractivity contribution >= 4 is 5.91 Å². The number of fused-ring (bicyclic) bond motifs is 1. The van der Waals surface area contributed by atoms with Crippen LogP contribution < -0.4 is 5.56 Å². The van der Waals surface area contributed by atoms with Gasteiger partial charge in [-0.25, -0.2) is 4.98 Å². The van der Waals surface area contributed by atoms with E-state index in [2.05, 4.69) is 9.80 Å². The maximum atomic E-state index is 12.9. The largest absolute Gasteiger partial charge is 0.383 e. The number of aryl methyl sites for hydroxylation is 1. The van der Waals surface area contributed by atoms with Crippen LogP contribution in [0.25, 0.3) is 0 Å². The molecule has 0 aliphatic carbocycles. The van der Waals surface area contributed by atoms with Crippen molar-refractivity contribution in [2.45, 2.75) is 44.6 Å². The summed E-state index contributed by atoms with van der Waals surface area (Å²) in [4.78, 5) is 36.9. The average molecular weight is 418 g/mol. The van der Waals surface area contributed by atoms with Gasteiger partial charge in [-0.3, -0.25) is 24.0 Å². The van der Waals surface area contributed by atoms with Crippen molar-refractivity contribution in [2.75, 3.05) is 66.1 Å². The molecule has 0 N–H and O–H groups in total. The first-order valence-corrected chi connectivity index (χ1v) is 11.5. The second kappa shape index (κ2) is 10.0. The maximum Gasteiger partial charge on any atom is 0.253 e. The number of rotatable bonds is 6. The molecule has 0 unspecified atom stereocenters. The Kier molecular flexibility index (Phi) is 7.17. The molecule has 1 amide bonds. The number of hydrogen-bond donors (Lipinski definition) is 0. The standard InChI is InChI=1S/C22H35N5O3/c1-30-14-13-24-9-11-25(12-10-24)17-22(29)26-8-6-18(16-26)19-15-21(28)27-7-4-2-3-5-20(27)23-19/h15,18H,2-14,16-17H2,1H3/t18-/m0/s1. The number of ether oxygens (including phenoxy) is 1. The Morgan fingerprint density at radius 1 is 1.10 bits per heavy atom. The first-order chi connectivity index (χ1) is 14.6. The Morgan fingerprint density at radius 3 is 2.70 bits per heavy atom. The van der Waals surface area contributed by atoms with Gasteiger partial charge in [-0.15, -0.1) is 0 Å². The number of aromatic nitrogens is 2. The third-order valence-electron chi connectivity index (χ3n) is 6.78. The molecule has 30 heavy (non-hydrogen) atoms. The van der Waals surface area contributed by atoms with E-state index in [-0.39, 0.29) is 17.4 Å². The minimum atomic E-state index is 0.0769. The van der Waals surface area contributed by atoms with Crippen molar-refractivity contribution in [3.05, 3.63) is 27.9 Å². The number of carbonyl (C=O) groups is 1. The molecule has 166 valence electrons. The summed E-state index contributed by atoms with van der Waals surface area (Å²) in [5.41, 5.74) is 0.961. The van der Waals surface area contributed by atoms with Crippen LogP contribution in [0.15, 0.2) is 10.9 Å². The molecule has 1 aromatic heterocycles. The zero-order valence-electron chi connectivity index (χ0n) is 18.2. The number of carbonyl (C=O) groups excluding carboxylic acids is 1. The van der Waals surface area contributed by atoms with Crippen molar-refractivity contribution in [2.24, 2.45) is 0 Å². The van der Waals surface area contributed by atoms with E-state index in [0.717, 1.165) is 96.0 Å². The van der Waals surface area contributed by atoms with Crippen LogP contribution in [0.5, 0.6) is 0 Å². The number of nitrogens with zero attached hydrogens (tertiary/aromatic N) is 5. The van der Waals surface area contributed by atoms with Crippen LogP contribution in [-0.4, -0.2) is 96.2 Å². The topological polar surface area (TPSA) is 70.9 Å². The fourth-order valence-corrected chi connectivity index (χ4v) is 4.85. The summed E-state index contributed by atoms with van der Waals surface area (Å²) in [6.07, 6.45) is 5.09. The highest BCUT2D eigenvalue weighted by Crippen LogP contribution is 2.26. The van der Waals surface area contributed by atoms with Gasteiger partial charge in [-0.2, -0.15) is 0 Å². The van der Waals surface area contributed by atoms with Crippen molar-refractivity contribution in [3.63, 3.8) is 0 Å². The van der Waals surface area contributed by atoms with Crippen LogP contribution in [0.4, 0.5) is 0 Å². The van der Waals surface area contributed by atoms with E-state index < -0.39 is 0 Å². The highest BCUT2D eigenvalue weighted by Gasteiger charge is 2.30. The lowest BCUT2D eigenvalue weighted by Gasteiger charge is -2.34. The molecule has 8 nitrogen and oxygen atoms in total. The molecule has 3 aliphatic rings. The van der Waals surface area contributed by atoms with Gasteiger partial charge < -0.3 is 9.64 Å². The normalized spacial score (nSPS) is 23.4. The van der Waals surface area contributed by atoms with Gasteiger partial charge in [0.15, 0.2) is 0 Å². The minimum Gasteiger partial charge on any atom is -0.383 e. The lowest BCUT2D eigenvalue weighted by Crippen LogP contribution is -2.50. The summed E-state index contributed by atoms with van der Waals surface area (Å²) >= 11 is 0. The molecule has 4 heterocycles. The molecule has 4 rings (SSSR count). The summed E-state index contributed by atoms with van der Waals surface area (Å²) < 4.78 is 7.00. The Balaban J connectivity index is 1.30. The average Bonchev–Trinajstić information content (AvgIpc) is 3.13. The molecular formula is C22H35N5O3. The van der Waals surface area contributed by atoms with E-state index in [0.29, 0.717) is 13.1 Å². The van der Waals surface area contributed by atoms with Crippen molar-refractivity contribution in [3.8, 4) is 0 Å². The van der Waals surface area contributed by atoms with E-state index in [1.165, 1.54) is 0 Å². The molecule has 3 aliphatic heterocycles. The summed E-state index contributed by atoms with van der Waals surface area (Å²) in [5.74, 6) is 1.32. The lowest BCUT2D eigenvalue weighted by atomic mass is 10.0. The van der Waals surface area contributed by atoms with Crippen LogP contribution in [-0.2, 0) is 22.5 Å². The lowest BCUT2D eigenvalue weighted by molar-refractivity contribution is -0.131. The quantitative estimate of drug-likeness (QED) is 0.673. The van der Waals surface area contributed by atoms with E-state index in [9.17, 15) is 9.59 Å².